The molecule has 1 aromatic rings. The van der Waals surface area contributed by atoms with Gasteiger partial charge in [0.1, 0.15) is 5.75 Å². The van der Waals surface area contributed by atoms with Crippen LogP contribution >= 0.6 is 0 Å². The molecule has 10 heteroatoms. The lowest BCUT2D eigenvalue weighted by Crippen LogP contribution is -2.46. The Bertz CT molecular complexity index is 1070. The molecule has 0 saturated carbocycles. The highest BCUT2D eigenvalue weighted by atomic mass is 16.5. The number of allylic oxidation sites excluding steroid dienone is 3. The van der Waals surface area contributed by atoms with E-state index in [1.807, 2.05) is 13.8 Å². The molecule has 10 nitrogen and oxygen atoms in total. The number of aryl methyl sites for hydroxylation is 1. The van der Waals surface area contributed by atoms with Gasteiger partial charge in [0.15, 0.2) is 6.04 Å². The van der Waals surface area contributed by atoms with Gasteiger partial charge < -0.3 is 20.5 Å². The summed E-state index contributed by atoms with van der Waals surface area (Å²) < 4.78 is 5.74. The first kappa shape index (κ1) is 24.7. The number of benzene rings is 1. The number of ether oxygens (including phenoxy) is 1. The zero-order valence-corrected chi connectivity index (χ0v) is 19.5. The van der Waals surface area contributed by atoms with Crippen LogP contribution in [-0.4, -0.2) is 60.9 Å². The average Bonchev–Trinajstić information content (AvgIpc) is 2.80. The van der Waals surface area contributed by atoms with Crippen molar-refractivity contribution in [3.63, 3.8) is 0 Å². The number of nitrogens with one attached hydrogen (secondary N) is 3. The van der Waals surface area contributed by atoms with Crippen molar-refractivity contribution < 1.29 is 19.4 Å². The third-order valence-corrected chi connectivity index (χ3v) is 5.14. The fraction of sp³-hybridized carbons (Fsp3) is 0.375. The molecule has 3 rings (SSSR count). The summed E-state index contributed by atoms with van der Waals surface area (Å²) in [5, 5.41) is 17.8. The Kier molecular flexibility index (Phi) is 8.55. The van der Waals surface area contributed by atoms with E-state index < -0.39 is 12.0 Å². The van der Waals surface area contributed by atoms with Crippen molar-refractivity contribution in [2.45, 2.75) is 33.2 Å². The van der Waals surface area contributed by atoms with E-state index in [0.717, 1.165) is 12.0 Å². The normalized spacial score (nSPS) is 19.7. The zero-order chi connectivity index (χ0) is 24.5. The van der Waals surface area contributed by atoms with E-state index in [0.29, 0.717) is 36.4 Å². The van der Waals surface area contributed by atoms with Gasteiger partial charge in [0.25, 0.3) is 0 Å². The van der Waals surface area contributed by atoms with Crippen molar-refractivity contribution in [2.24, 2.45) is 20.9 Å². The summed E-state index contributed by atoms with van der Waals surface area (Å²) >= 11 is 0. The highest BCUT2D eigenvalue weighted by Crippen LogP contribution is 2.24. The molecule has 2 unspecified atom stereocenters. The summed E-state index contributed by atoms with van der Waals surface area (Å²) in [6.07, 6.45) is 8.76. The Morgan fingerprint density at radius 1 is 1.26 bits per heavy atom. The first-order chi connectivity index (χ1) is 16.3. The van der Waals surface area contributed by atoms with Crippen LogP contribution in [0.1, 0.15) is 25.8 Å². The molecule has 34 heavy (non-hydrogen) atoms. The first-order valence-corrected chi connectivity index (χ1v) is 11.2. The monoisotopic (exact) mass is 466 g/mol. The molecular formula is C24H30N6O4. The number of amides is 2. The second-order valence-corrected chi connectivity index (χ2v) is 8.00. The van der Waals surface area contributed by atoms with Gasteiger partial charge in [-0.15, -0.1) is 0 Å². The molecular weight excluding hydrogens is 436 g/mol. The van der Waals surface area contributed by atoms with Gasteiger partial charge in [-0.25, -0.2) is 19.6 Å². The van der Waals surface area contributed by atoms with Crippen molar-refractivity contribution in [2.75, 3.05) is 19.6 Å². The number of urea groups is 1. The Balaban J connectivity index is 1.72. The number of carbonyl (C=O) groups excluding carboxylic acids is 1. The molecule has 0 fully saturated rings. The number of nitrogens with zero attached hydrogens (tertiary/aromatic N) is 3. The molecule has 0 bridgehead atoms. The van der Waals surface area contributed by atoms with Gasteiger partial charge in [-0.3, -0.25) is 10.3 Å². The molecule has 2 aliphatic rings. The summed E-state index contributed by atoms with van der Waals surface area (Å²) in [7, 11) is 0. The topological polar surface area (TPSA) is 137 Å². The predicted octanol–water partition coefficient (Wildman–Crippen LogP) is 2.73. The quantitative estimate of drug-likeness (QED) is 0.377. The summed E-state index contributed by atoms with van der Waals surface area (Å²) in [5.74, 6) is 0.245. The predicted molar refractivity (Wildman–Crippen MR) is 132 cm³/mol. The van der Waals surface area contributed by atoms with E-state index in [9.17, 15) is 9.59 Å². The molecule has 1 aliphatic heterocycles. The number of aliphatic carboxylic acids is 1. The molecule has 180 valence electrons. The maximum atomic E-state index is 12.1. The van der Waals surface area contributed by atoms with Crippen molar-refractivity contribution >= 4 is 35.8 Å². The second kappa shape index (κ2) is 11.8. The highest BCUT2D eigenvalue weighted by Gasteiger charge is 2.20. The van der Waals surface area contributed by atoms with Gasteiger partial charge in [0.05, 0.1) is 18.4 Å². The van der Waals surface area contributed by atoms with Gasteiger partial charge in [0, 0.05) is 13.1 Å². The van der Waals surface area contributed by atoms with Crippen LogP contribution in [0.25, 0.3) is 0 Å². The Morgan fingerprint density at radius 2 is 2.09 bits per heavy atom. The number of hydrogen-bond acceptors (Lipinski definition) is 6. The summed E-state index contributed by atoms with van der Waals surface area (Å²) in [5.41, 5.74) is 2.62. The summed E-state index contributed by atoms with van der Waals surface area (Å²) in [6, 6.07) is 3.97. The molecule has 2 atom stereocenters. The molecule has 1 heterocycles. The number of carbonyl (C=O) groups is 2. The van der Waals surface area contributed by atoms with Crippen LogP contribution in [0.3, 0.4) is 0 Å². The molecule has 1 aliphatic carbocycles. The third kappa shape index (κ3) is 7.29. The first-order valence-electron chi connectivity index (χ1n) is 11.2. The minimum absolute atomic E-state index is 0.0930. The fourth-order valence-electron chi connectivity index (χ4n) is 3.28. The van der Waals surface area contributed by atoms with Crippen molar-refractivity contribution in [1.29, 1.82) is 0 Å². The standard InChI is InChI=1S/C24H30N6O4/c1-4-26-24(33)30-23(27-12-17-7-5-15(2)6-8-17)28-18-9-10-20(16(3)11-18)34-21-14-25-13-19(29-21)22(31)32/h5-7,9-11,14,17,19H,4,8,12-13H2,1-3H3,(H,31,32)(H3,26,27,28,30,33). The van der Waals surface area contributed by atoms with E-state index in [2.05, 4.69) is 56.1 Å². The van der Waals surface area contributed by atoms with E-state index in [1.54, 1.807) is 18.2 Å². The molecule has 4 N–H and O–H groups in total. The van der Waals surface area contributed by atoms with Crippen molar-refractivity contribution in [1.82, 2.24) is 16.0 Å². The SMILES string of the molecule is CCNC(=O)N/C(=N\c1ccc(OC2=NC(C(=O)O)CN=C2)c(C)c1)NCC1C=CC(C)=CC1. The van der Waals surface area contributed by atoms with Gasteiger partial charge in [-0.2, -0.15) is 0 Å². The van der Waals surface area contributed by atoms with E-state index in [1.165, 1.54) is 11.8 Å². The van der Waals surface area contributed by atoms with Crippen molar-refractivity contribution in [3.8, 4) is 5.75 Å². The number of carboxylic acids is 1. The number of aliphatic imine (C=N–C) groups is 3. The molecule has 0 spiro atoms. The number of hydrogen-bond donors (Lipinski definition) is 4. The number of carboxylic acid groups (broad SMARTS) is 1. The van der Waals surface area contributed by atoms with E-state index >= 15 is 0 Å². The average molecular weight is 467 g/mol. The smallest absolute Gasteiger partial charge is 0.330 e. The molecule has 0 saturated heterocycles. The Morgan fingerprint density at radius 3 is 2.76 bits per heavy atom. The van der Waals surface area contributed by atoms with Crippen molar-refractivity contribution in [3.05, 3.63) is 47.6 Å². The molecule has 1 aromatic carbocycles. The molecule has 0 radical (unpaired) electrons. The van der Waals surface area contributed by atoms with Crippen LogP contribution in [-0.2, 0) is 4.79 Å². The largest absolute Gasteiger partial charge is 0.480 e. The molecule has 2 amide bonds. The van der Waals surface area contributed by atoms with E-state index in [4.69, 9.17) is 9.84 Å². The van der Waals surface area contributed by atoms with Crippen LogP contribution in [0.15, 0.2) is 57.0 Å². The highest BCUT2D eigenvalue weighted by molar-refractivity contribution is 6.28. The minimum atomic E-state index is -1.05. The minimum Gasteiger partial charge on any atom is -0.480 e. The van der Waals surface area contributed by atoms with Crippen LogP contribution in [0.4, 0.5) is 10.5 Å². The summed E-state index contributed by atoms with van der Waals surface area (Å²) in [4.78, 5) is 35.9. The van der Waals surface area contributed by atoms with Crippen LogP contribution < -0.4 is 20.7 Å². The van der Waals surface area contributed by atoms with Gasteiger partial charge in [0.2, 0.25) is 11.9 Å². The van der Waals surface area contributed by atoms with E-state index in [-0.39, 0.29) is 18.5 Å². The second-order valence-electron chi connectivity index (χ2n) is 8.00. The maximum absolute atomic E-state index is 12.1. The van der Waals surface area contributed by atoms with Crippen LogP contribution in [0, 0.1) is 12.8 Å². The van der Waals surface area contributed by atoms with Gasteiger partial charge >= 0.3 is 12.0 Å². The zero-order valence-electron chi connectivity index (χ0n) is 19.5. The Hall–Kier alpha value is -3.95. The van der Waals surface area contributed by atoms with Gasteiger partial charge in [-0.05, 0) is 56.9 Å². The summed E-state index contributed by atoms with van der Waals surface area (Å²) in [6.45, 7) is 6.96. The van der Waals surface area contributed by atoms with Gasteiger partial charge in [-0.1, -0.05) is 23.8 Å². The maximum Gasteiger partial charge on any atom is 0.330 e. The number of rotatable bonds is 6. The Labute approximate surface area is 198 Å². The lowest BCUT2D eigenvalue weighted by atomic mass is 9.97. The third-order valence-electron chi connectivity index (χ3n) is 5.14. The lowest BCUT2D eigenvalue weighted by molar-refractivity contribution is -0.138. The van der Waals surface area contributed by atoms with Crippen LogP contribution in [0.2, 0.25) is 0 Å². The fourth-order valence-corrected chi connectivity index (χ4v) is 3.28. The molecule has 0 aromatic heterocycles. The number of guanidine groups is 1. The van der Waals surface area contributed by atoms with Crippen LogP contribution in [0.5, 0.6) is 5.75 Å². The lowest BCUT2D eigenvalue weighted by Gasteiger charge is -2.18.